The van der Waals surface area contributed by atoms with E-state index in [9.17, 15) is 29.2 Å². The van der Waals surface area contributed by atoms with E-state index in [1.165, 1.54) is 0 Å². The summed E-state index contributed by atoms with van der Waals surface area (Å²) < 4.78 is 41.1. The molecule has 2 aliphatic heterocycles. The third kappa shape index (κ3) is 3.99. The lowest BCUT2D eigenvalue weighted by molar-refractivity contribution is -0.329. The van der Waals surface area contributed by atoms with Gasteiger partial charge in [-0.15, -0.1) is 0 Å². The molecule has 2 aromatic carbocycles. The first-order valence-corrected chi connectivity index (χ1v) is 10.4. The van der Waals surface area contributed by atoms with Gasteiger partial charge in [0.1, 0.15) is 36.3 Å². The van der Waals surface area contributed by atoms with Crippen LogP contribution in [0.2, 0.25) is 5.02 Å². The molecule has 10 heteroatoms. The molecule has 5 atom stereocenters. The van der Waals surface area contributed by atoms with Crippen LogP contribution in [0.5, 0.6) is 5.75 Å². The standard InChI is InChI=1S/C22H23ClF2O7/c23-16-6-3-14(22-20(29)18(27)19(28)21(10-26,32-22)11-31-22)8-13(16)7-12-1-4-15(5-2-12)30-9-17(24)25/h1-6,8,17-20,26-29H,7,9-11H2. The molecule has 2 aliphatic rings. The van der Waals surface area contributed by atoms with Gasteiger partial charge >= 0.3 is 0 Å². The van der Waals surface area contributed by atoms with Gasteiger partial charge in [0.25, 0.3) is 6.43 Å². The Hall–Kier alpha value is -1.85. The van der Waals surface area contributed by atoms with Crippen LogP contribution >= 0.6 is 11.6 Å². The molecule has 7 nitrogen and oxygen atoms in total. The highest BCUT2D eigenvalue weighted by Gasteiger charge is 2.67. The molecule has 2 saturated heterocycles. The number of hydrogen-bond acceptors (Lipinski definition) is 7. The van der Waals surface area contributed by atoms with Crippen LogP contribution in [0, 0.1) is 0 Å². The maximum atomic E-state index is 12.3. The molecule has 2 heterocycles. The van der Waals surface area contributed by atoms with Crippen LogP contribution in [-0.2, 0) is 21.7 Å². The van der Waals surface area contributed by atoms with E-state index in [2.05, 4.69) is 0 Å². The summed E-state index contributed by atoms with van der Waals surface area (Å²) in [7, 11) is 0. The van der Waals surface area contributed by atoms with Crippen molar-refractivity contribution in [2.75, 3.05) is 19.8 Å². The number of benzene rings is 2. The zero-order valence-corrected chi connectivity index (χ0v) is 17.6. The quantitative estimate of drug-likeness (QED) is 0.485. The summed E-state index contributed by atoms with van der Waals surface area (Å²) in [5, 5.41) is 41.5. The Bertz CT molecular complexity index is 960. The minimum Gasteiger partial charge on any atom is -0.488 e. The summed E-state index contributed by atoms with van der Waals surface area (Å²) >= 11 is 6.36. The SMILES string of the molecule is OCC12COC(c3ccc(Cl)c(Cc4ccc(OCC(F)F)cc4)c3)(O1)C(O)C(O)C2O. The topological polar surface area (TPSA) is 109 Å². The normalized spacial score (nSPS) is 31.8. The lowest BCUT2D eigenvalue weighted by Gasteiger charge is -2.46. The van der Waals surface area contributed by atoms with Crippen LogP contribution in [0.15, 0.2) is 42.5 Å². The van der Waals surface area contributed by atoms with E-state index in [1.54, 1.807) is 42.5 Å². The molecule has 174 valence electrons. The highest BCUT2D eigenvalue weighted by molar-refractivity contribution is 6.31. The second-order valence-electron chi connectivity index (χ2n) is 7.99. The van der Waals surface area contributed by atoms with Crippen LogP contribution in [-0.4, -0.2) is 70.6 Å². The summed E-state index contributed by atoms with van der Waals surface area (Å²) in [6.07, 6.45) is -6.94. The second kappa shape index (κ2) is 8.83. The minimum atomic E-state index is -2.56. The Kier molecular flexibility index (Phi) is 6.43. The molecular formula is C22H23ClF2O7. The van der Waals surface area contributed by atoms with Gasteiger partial charge in [-0.05, 0) is 41.8 Å². The van der Waals surface area contributed by atoms with Gasteiger partial charge in [-0.1, -0.05) is 29.8 Å². The predicted octanol–water partition coefficient (Wildman–Crippen LogP) is 1.60. The van der Waals surface area contributed by atoms with Gasteiger partial charge in [0.2, 0.25) is 5.79 Å². The van der Waals surface area contributed by atoms with Crippen LogP contribution in [0.25, 0.3) is 0 Å². The number of aliphatic hydroxyl groups is 4. The fraction of sp³-hybridized carbons (Fsp3) is 0.455. The molecule has 0 aliphatic carbocycles. The van der Waals surface area contributed by atoms with Crippen molar-refractivity contribution in [3.05, 3.63) is 64.2 Å². The summed E-state index contributed by atoms with van der Waals surface area (Å²) in [6, 6.07) is 11.4. The Labute approximate surface area is 187 Å². The van der Waals surface area contributed by atoms with E-state index in [4.69, 9.17) is 25.8 Å². The molecule has 0 saturated carbocycles. The average molecular weight is 473 g/mol. The molecular weight excluding hydrogens is 450 g/mol. The Morgan fingerprint density at radius 2 is 1.81 bits per heavy atom. The number of ether oxygens (including phenoxy) is 3. The smallest absolute Gasteiger partial charge is 0.272 e. The lowest BCUT2D eigenvalue weighted by Crippen LogP contribution is -2.65. The fourth-order valence-electron chi connectivity index (χ4n) is 4.08. The van der Waals surface area contributed by atoms with Gasteiger partial charge < -0.3 is 34.6 Å². The average Bonchev–Trinajstić information content (AvgIpc) is 3.17. The van der Waals surface area contributed by atoms with Gasteiger partial charge in [0.15, 0.2) is 0 Å². The molecule has 0 radical (unpaired) electrons. The highest BCUT2D eigenvalue weighted by atomic mass is 35.5. The summed E-state index contributed by atoms with van der Waals surface area (Å²) in [5.74, 6) is -1.47. The van der Waals surface area contributed by atoms with Crippen molar-refractivity contribution in [3.63, 3.8) is 0 Å². The van der Waals surface area contributed by atoms with E-state index >= 15 is 0 Å². The maximum absolute atomic E-state index is 12.3. The number of halogens is 3. The first-order valence-electron chi connectivity index (χ1n) is 9.99. The van der Waals surface area contributed by atoms with Crippen molar-refractivity contribution in [2.45, 2.75) is 42.5 Å². The first-order chi connectivity index (χ1) is 15.2. The third-order valence-corrected chi connectivity index (χ3v) is 6.24. The van der Waals surface area contributed by atoms with Gasteiger partial charge in [0.05, 0.1) is 13.2 Å². The van der Waals surface area contributed by atoms with Crippen molar-refractivity contribution in [3.8, 4) is 5.75 Å². The van der Waals surface area contributed by atoms with Gasteiger partial charge in [-0.3, -0.25) is 0 Å². The van der Waals surface area contributed by atoms with Crippen LogP contribution in [0.1, 0.15) is 16.7 Å². The van der Waals surface area contributed by atoms with Crippen LogP contribution in [0.4, 0.5) is 8.78 Å². The number of aliphatic hydroxyl groups excluding tert-OH is 4. The van der Waals surface area contributed by atoms with Gasteiger partial charge in [-0.25, -0.2) is 8.78 Å². The van der Waals surface area contributed by atoms with Crippen molar-refractivity contribution < 1.29 is 43.4 Å². The zero-order valence-electron chi connectivity index (χ0n) is 16.8. The van der Waals surface area contributed by atoms with E-state index in [0.29, 0.717) is 28.3 Å². The first kappa shape index (κ1) is 23.3. The van der Waals surface area contributed by atoms with E-state index in [1.807, 2.05) is 0 Å². The number of fused-ring (bicyclic) bond motifs is 2. The van der Waals surface area contributed by atoms with Gasteiger partial charge in [0, 0.05) is 10.6 Å². The summed E-state index contributed by atoms with van der Waals surface area (Å²) in [4.78, 5) is 0. The van der Waals surface area contributed by atoms with Crippen molar-refractivity contribution >= 4 is 11.6 Å². The maximum Gasteiger partial charge on any atom is 0.272 e. The van der Waals surface area contributed by atoms with Crippen molar-refractivity contribution in [2.24, 2.45) is 0 Å². The third-order valence-electron chi connectivity index (χ3n) is 5.87. The largest absolute Gasteiger partial charge is 0.488 e. The fourth-order valence-corrected chi connectivity index (χ4v) is 4.27. The molecule has 2 fully saturated rings. The van der Waals surface area contributed by atoms with Gasteiger partial charge in [-0.2, -0.15) is 0 Å². The molecule has 2 bridgehead atoms. The summed E-state index contributed by atoms with van der Waals surface area (Å²) in [5.41, 5.74) is 0.277. The Balaban J connectivity index is 1.59. The molecule has 5 unspecified atom stereocenters. The molecule has 2 aromatic rings. The molecule has 0 aromatic heterocycles. The second-order valence-corrected chi connectivity index (χ2v) is 8.40. The Morgan fingerprint density at radius 3 is 2.47 bits per heavy atom. The number of rotatable bonds is 7. The van der Waals surface area contributed by atoms with Crippen molar-refractivity contribution in [1.29, 1.82) is 0 Å². The molecule has 4 rings (SSSR count). The van der Waals surface area contributed by atoms with Crippen LogP contribution < -0.4 is 4.74 Å². The number of alkyl halides is 2. The monoisotopic (exact) mass is 472 g/mol. The molecule has 32 heavy (non-hydrogen) atoms. The van der Waals surface area contributed by atoms with Crippen molar-refractivity contribution in [1.82, 2.24) is 0 Å². The molecule has 0 amide bonds. The number of hydrogen-bond donors (Lipinski definition) is 4. The van der Waals surface area contributed by atoms with E-state index in [0.717, 1.165) is 5.56 Å². The predicted molar refractivity (Wildman–Crippen MR) is 109 cm³/mol. The van der Waals surface area contributed by atoms with Crippen LogP contribution in [0.3, 0.4) is 0 Å². The highest BCUT2D eigenvalue weighted by Crippen LogP contribution is 2.49. The molecule has 0 spiro atoms. The van der Waals surface area contributed by atoms with E-state index < -0.39 is 49.3 Å². The zero-order chi connectivity index (χ0) is 23.1. The van der Waals surface area contributed by atoms with E-state index in [-0.39, 0.29) is 6.61 Å². The lowest BCUT2D eigenvalue weighted by atomic mass is 9.83. The Morgan fingerprint density at radius 1 is 1.09 bits per heavy atom. The summed E-state index contributed by atoms with van der Waals surface area (Å²) in [6.45, 7) is -1.52. The molecule has 4 N–H and O–H groups in total. The minimum absolute atomic E-state index is 0.225.